The molecule has 0 radical (unpaired) electrons. The molecule has 0 bridgehead atoms. The van der Waals surface area contributed by atoms with Crippen LogP contribution in [0.15, 0.2) is 66.3 Å². The highest BCUT2D eigenvalue weighted by Gasteiger charge is 2.20. The molecule has 0 aliphatic carbocycles. The first-order valence-corrected chi connectivity index (χ1v) is 10.9. The molecule has 7 nitrogen and oxygen atoms in total. The smallest absolute Gasteiger partial charge is 0.234 e. The number of hydrogen-bond donors (Lipinski definition) is 1. The number of methoxy groups -OCH3 is 1. The van der Waals surface area contributed by atoms with Gasteiger partial charge in [0, 0.05) is 12.2 Å². The van der Waals surface area contributed by atoms with Gasteiger partial charge in [-0.25, -0.2) is 0 Å². The van der Waals surface area contributed by atoms with Crippen molar-refractivity contribution in [2.45, 2.75) is 24.7 Å². The molecule has 162 valence electrons. The fourth-order valence-electron chi connectivity index (χ4n) is 2.84. The van der Waals surface area contributed by atoms with Crippen molar-refractivity contribution in [2.75, 3.05) is 18.2 Å². The van der Waals surface area contributed by atoms with E-state index in [1.54, 1.807) is 24.3 Å². The first-order chi connectivity index (χ1) is 15.0. The summed E-state index contributed by atoms with van der Waals surface area (Å²) in [4.78, 5) is 12.4. The molecule has 3 aromatic rings. The van der Waals surface area contributed by atoms with Gasteiger partial charge in [-0.1, -0.05) is 47.6 Å². The number of carbonyl (C=O) groups is 1. The van der Waals surface area contributed by atoms with Crippen LogP contribution in [0.1, 0.15) is 18.9 Å². The molecule has 0 aliphatic heterocycles. The minimum Gasteiger partial charge on any atom is -0.495 e. The van der Waals surface area contributed by atoms with E-state index in [1.165, 1.54) is 18.9 Å². The molecule has 2 aromatic carbocycles. The summed E-state index contributed by atoms with van der Waals surface area (Å²) in [6, 6.07) is 14.6. The van der Waals surface area contributed by atoms with E-state index in [1.807, 2.05) is 41.8 Å². The van der Waals surface area contributed by atoms with Crippen LogP contribution in [0.3, 0.4) is 0 Å². The van der Waals surface area contributed by atoms with Crippen molar-refractivity contribution in [1.82, 2.24) is 14.8 Å². The number of rotatable bonds is 10. The van der Waals surface area contributed by atoms with Crippen LogP contribution < -0.4 is 14.8 Å². The fraction of sp³-hybridized carbons (Fsp3) is 0.227. The predicted molar refractivity (Wildman–Crippen MR) is 123 cm³/mol. The first-order valence-electron chi connectivity index (χ1n) is 9.53. The summed E-state index contributed by atoms with van der Waals surface area (Å²) in [5.74, 6) is 1.93. The second-order valence-corrected chi connectivity index (χ2v) is 7.85. The van der Waals surface area contributed by atoms with Crippen molar-refractivity contribution in [3.05, 3.63) is 72.0 Å². The van der Waals surface area contributed by atoms with Gasteiger partial charge in [0.2, 0.25) is 5.91 Å². The molecule has 3 rings (SSSR count). The number of aromatic nitrogens is 3. The Kier molecular flexibility index (Phi) is 7.97. The van der Waals surface area contributed by atoms with Gasteiger partial charge in [0.15, 0.2) is 17.1 Å². The second kappa shape index (κ2) is 10.9. The van der Waals surface area contributed by atoms with Crippen molar-refractivity contribution in [2.24, 2.45) is 0 Å². The highest BCUT2D eigenvalue weighted by Crippen LogP contribution is 2.28. The zero-order valence-corrected chi connectivity index (χ0v) is 18.8. The SMILES string of the molecule is C=CCn1c(SCC(=O)Nc2ccc(OC)c(Cl)c2)nnc1[C@@H](C)Oc1ccccc1. The average molecular weight is 459 g/mol. The van der Waals surface area contributed by atoms with Gasteiger partial charge >= 0.3 is 0 Å². The molecule has 0 saturated heterocycles. The Labute approximate surface area is 190 Å². The van der Waals surface area contributed by atoms with E-state index in [-0.39, 0.29) is 17.8 Å². The van der Waals surface area contributed by atoms with E-state index in [2.05, 4.69) is 22.1 Å². The van der Waals surface area contributed by atoms with Crippen molar-refractivity contribution < 1.29 is 14.3 Å². The topological polar surface area (TPSA) is 78.3 Å². The summed E-state index contributed by atoms with van der Waals surface area (Å²) in [6.45, 7) is 6.22. The number of thioether (sulfide) groups is 1. The van der Waals surface area contributed by atoms with Gasteiger partial charge in [0.05, 0.1) is 17.9 Å². The van der Waals surface area contributed by atoms with Crippen LogP contribution in [0, 0.1) is 0 Å². The summed E-state index contributed by atoms with van der Waals surface area (Å²) in [5.41, 5.74) is 0.592. The zero-order valence-electron chi connectivity index (χ0n) is 17.2. The predicted octanol–water partition coefficient (Wildman–Crippen LogP) is 5.00. The highest BCUT2D eigenvalue weighted by molar-refractivity contribution is 7.99. The fourth-order valence-corrected chi connectivity index (χ4v) is 3.85. The molecule has 0 fully saturated rings. The number of benzene rings is 2. The van der Waals surface area contributed by atoms with Gasteiger partial charge < -0.3 is 14.8 Å². The van der Waals surface area contributed by atoms with Gasteiger partial charge in [-0.2, -0.15) is 0 Å². The lowest BCUT2D eigenvalue weighted by Crippen LogP contribution is -2.15. The molecule has 1 aromatic heterocycles. The Morgan fingerprint density at radius 3 is 2.74 bits per heavy atom. The maximum Gasteiger partial charge on any atom is 0.234 e. The molecule has 0 saturated carbocycles. The Morgan fingerprint density at radius 2 is 2.06 bits per heavy atom. The number of nitrogens with one attached hydrogen (secondary N) is 1. The van der Waals surface area contributed by atoms with Crippen LogP contribution in [0.25, 0.3) is 0 Å². The van der Waals surface area contributed by atoms with Crippen LogP contribution in [-0.4, -0.2) is 33.5 Å². The minimum absolute atomic E-state index is 0.160. The summed E-state index contributed by atoms with van der Waals surface area (Å²) < 4.78 is 13.0. The van der Waals surface area contributed by atoms with Gasteiger partial charge in [-0.3, -0.25) is 9.36 Å². The maximum atomic E-state index is 12.4. The zero-order chi connectivity index (χ0) is 22.2. The van der Waals surface area contributed by atoms with Crippen molar-refractivity contribution >= 4 is 35.0 Å². The molecule has 9 heteroatoms. The first kappa shape index (κ1) is 22.7. The summed E-state index contributed by atoms with van der Waals surface area (Å²) >= 11 is 7.39. The van der Waals surface area contributed by atoms with E-state index < -0.39 is 0 Å². The number of ether oxygens (including phenoxy) is 2. The number of para-hydroxylation sites is 1. The molecule has 1 N–H and O–H groups in total. The normalized spacial score (nSPS) is 11.6. The number of anilines is 1. The molecule has 1 heterocycles. The van der Waals surface area contributed by atoms with Crippen LogP contribution in [0.2, 0.25) is 5.02 Å². The summed E-state index contributed by atoms with van der Waals surface area (Å²) in [6.07, 6.45) is 1.44. The third kappa shape index (κ3) is 6.02. The van der Waals surface area contributed by atoms with E-state index in [4.69, 9.17) is 21.1 Å². The minimum atomic E-state index is -0.320. The monoisotopic (exact) mass is 458 g/mol. The molecule has 1 atom stereocenters. The molecule has 0 unspecified atom stereocenters. The number of carbonyl (C=O) groups excluding carboxylic acids is 1. The van der Waals surface area contributed by atoms with Crippen molar-refractivity contribution in [3.8, 4) is 11.5 Å². The number of amides is 1. The molecule has 1 amide bonds. The van der Waals surface area contributed by atoms with Crippen molar-refractivity contribution in [3.63, 3.8) is 0 Å². The largest absolute Gasteiger partial charge is 0.495 e. The molecular weight excluding hydrogens is 436 g/mol. The second-order valence-electron chi connectivity index (χ2n) is 6.50. The van der Waals surface area contributed by atoms with Crippen LogP contribution in [0.5, 0.6) is 11.5 Å². The quantitative estimate of drug-likeness (QED) is 0.340. The Balaban J connectivity index is 1.65. The summed E-state index contributed by atoms with van der Waals surface area (Å²) in [5, 5.41) is 12.4. The average Bonchev–Trinajstić information content (AvgIpc) is 3.16. The van der Waals surface area contributed by atoms with E-state index in [0.29, 0.717) is 34.0 Å². The third-order valence-corrected chi connectivity index (χ3v) is 5.51. The Morgan fingerprint density at radius 1 is 1.29 bits per heavy atom. The standard InChI is InChI=1S/C22H23ClN4O3S/c1-4-12-27-21(15(2)30-17-8-6-5-7-9-17)25-26-22(27)31-14-20(28)24-16-10-11-19(29-3)18(23)13-16/h4-11,13,15H,1,12,14H2,2-3H3,(H,24,28)/t15-/m1/s1. The molecule has 0 aliphatic rings. The lowest BCUT2D eigenvalue weighted by molar-refractivity contribution is -0.113. The maximum absolute atomic E-state index is 12.4. The number of hydrogen-bond acceptors (Lipinski definition) is 6. The lowest BCUT2D eigenvalue weighted by atomic mass is 10.3. The number of nitrogens with zero attached hydrogens (tertiary/aromatic N) is 3. The molecule has 31 heavy (non-hydrogen) atoms. The molecule has 0 spiro atoms. The van der Waals surface area contributed by atoms with Gasteiger partial charge in [-0.15, -0.1) is 16.8 Å². The number of halogens is 1. The molecular formula is C22H23ClN4O3S. The van der Waals surface area contributed by atoms with Crippen molar-refractivity contribution in [1.29, 1.82) is 0 Å². The van der Waals surface area contributed by atoms with E-state index in [0.717, 1.165) is 5.75 Å². The van der Waals surface area contributed by atoms with E-state index in [9.17, 15) is 4.79 Å². The lowest BCUT2D eigenvalue weighted by Gasteiger charge is -2.15. The Hall–Kier alpha value is -2.97. The van der Waals surface area contributed by atoms with Crippen LogP contribution in [-0.2, 0) is 11.3 Å². The number of allylic oxidation sites excluding steroid dienone is 1. The highest BCUT2D eigenvalue weighted by atomic mass is 35.5. The van der Waals surface area contributed by atoms with E-state index >= 15 is 0 Å². The van der Waals surface area contributed by atoms with Gasteiger partial charge in [0.25, 0.3) is 0 Å². The van der Waals surface area contributed by atoms with Gasteiger partial charge in [0.1, 0.15) is 11.5 Å². The van der Waals surface area contributed by atoms with Gasteiger partial charge in [-0.05, 0) is 37.3 Å². The third-order valence-electron chi connectivity index (χ3n) is 4.24. The summed E-state index contributed by atoms with van der Waals surface area (Å²) in [7, 11) is 1.54. The van der Waals surface area contributed by atoms with Crippen LogP contribution in [0.4, 0.5) is 5.69 Å². The van der Waals surface area contributed by atoms with Crippen LogP contribution >= 0.6 is 23.4 Å². The Bertz CT molecular complexity index is 1040.